The molecule has 1 heterocycles. The van der Waals surface area contributed by atoms with Crippen LogP contribution in [0, 0.1) is 0 Å². The molecule has 36 heavy (non-hydrogen) atoms. The minimum atomic E-state index is -1.72. The fourth-order valence-electron chi connectivity index (χ4n) is 3.13. The van der Waals surface area contributed by atoms with Gasteiger partial charge in [0.2, 0.25) is 17.7 Å². The smallest absolute Gasteiger partial charge is 0.326 e. The predicted molar refractivity (Wildman–Crippen MR) is 123 cm³/mol. The molecule has 14 heteroatoms. The maximum Gasteiger partial charge on any atom is 0.326 e. The van der Waals surface area contributed by atoms with Gasteiger partial charge >= 0.3 is 11.9 Å². The lowest BCUT2D eigenvalue weighted by Crippen LogP contribution is -2.57. The van der Waals surface area contributed by atoms with Crippen LogP contribution in [0.3, 0.4) is 0 Å². The van der Waals surface area contributed by atoms with Gasteiger partial charge in [0.1, 0.15) is 23.9 Å². The zero-order valence-electron chi connectivity index (χ0n) is 19.3. The maximum absolute atomic E-state index is 12.7. The Morgan fingerprint density at radius 1 is 0.944 bits per heavy atom. The number of aromatic hydroxyl groups is 1. The van der Waals surface area contributed by atoms with Crippen molar-refractivity contribution in [2.75, 3.05) is 0 Å². The molecule has 0 saturated heterocycles. The summed E-state index contributed by atoms with van der Waals surface area (Å²) >= 11 is 0. The number of nitrogens with one attached hydrogen (secondary N) is 4. The number of nitrogens with zero attached hydrogens (tertiary/aromatic N) is 1. The molecule has 2 rings (SSSR count). The molecule has 0 aliphatic heterocycles. The lowest BCUT2D eigenvalue weighted by Gasteiger charge is -2.23. The summed E-state index contributed by atoms with van der Waals surface area (Å²) in [7, 11) is 0. The Morgan fingerprint density at radius 2 is 1.58 bits per heavy atom. The van der Waals surface area contributed by atoms with Crippen molar-refractivity contribution in [3.63, 3.8) is 0 Å². The first-order chi connectivity index (χ1) is 17.0. The third-order valence-corrected chi connectivity index (χ3v) is 5.09. The monoisotopic (exact) mass is 504 g/mol. The molecule has 4 unspecified atom stereocenters. The van der Waals surface area contributed by atoms with Gasteiger partial charge in [0.25, 0.3) is 0 Å². The molecule has 0 aliphatic carbocycles. The largest absolute Gasteiger partial charge is 0.508 e. The van der Waals surface area contributed by atoms with Crippen molar-refractivity contribution in [1.82, 2.24) is 25.9 Å². The van der Waals surface area contributed by atoms with Gasteiger partial charge < -0.3 is 42.0 Å². The third-order valence-electron chi connectivity index (χ3n) is 5.09. The van der Waals surface area contributed by atoms with E-state index in [1.165, 1.54) is 31.6 Å². The topological polar surface area (TPSA) is 237 Å². The quantitative estimate of drug-likeness (QED) is 0.153. The van der Waals surface area contributed by atoms with Crippen molar-refractivity contribution in [1.29, 1.82) is 0 Å². The van der Waals surface area contributed by atoms with Crippen LogP contribution in [0.1, 0.15) is 24.6 Å². The lowest BCUT2D eigenvalue weighted by molar-refractivity contribution is -0.147. The number of carboxylic acids is 2. The summed E-state index contributed by atoms with van der Waals surface area (Å²) in [6.45, 7) is 1.37. The number of phenols is 1. The normalized spacial score (nSPS) is 14.1. The van der Waals surface area contributed by atoms with E-state index in [-0.39, 0.29) is 18.6 Å². The zero-order chi connectivity index (χ0) is 26.8. The Balaban J connectivity index is 2.03. The zero-order valence-corrected chi connectivity index (χ0v) is 19.3. The molecular weight excluding hydrogens is 476 g/mol. The number of aromatic nitrogens is 2. The van der Waals surface area contributed by atoms with Gasteiger partial charge in [0, 0.05) is 18.3 Å². The first-order valence-electron chi connectivity index (χ1n) is 10.8. The summed E-state index contributed by atoms with van der Waals surface area (Å²) in [5, 5.41) is 34.4. The summed E-state index contributed by atoms with van der Waals surface area (Å²) in [5.41, 5.74) is 7.04. The summed E-state index contributed by atoms with van der Waals surface area (Å²) in [4.78, 5) is 66.7. The van der Waals surface area contributed by atoms with Gasteiger partial charge in [-0.1, -0.05) is 12.1 Å². The van der Waals surface area contributed by atoms with Gasteiger partial charge in [-0.05, 0) is 31.0 Å². The highest BCUT2D eigenvalue weighted by Crippen LogP contribution is 2.11. The van der Waals surface area contributed by atoms with E-state index in [1.54, 1.807) is 12.1 Å². The predicted octanol–water partition coefficient (Wildman–Crippen LogP) is -1.74. The van der Waals surface area contributed by atoms with Gasteiger partial charge in [-0.15, -0.1) is 0 Å². The number of hydrogen-bond donors (Lipinski definition) is 8. The van der Waals surface area contributed by atoms with Gasteiger partial charge in [-0.2, -0.15) is 0 Å². The Kier molecular flexibility index (Phi) is 9.92. The number of rotatable bonds is 13. The van der Waals surface area contributed by atoms with Crippen LogP contribution in [0.15, 0.2) is 36.8 Å². The van der Waals surface area contributed by atoms with Gasteiger partial charge in [0.15, 0.2) is 0 Å². The number of nitrogens with two attached hydrogens (primary N) is 1. The second-order valence-electron chi connectivity index (χ2n) is 8.05. The molecule has 4 atom stereocenters. The first-order valence-corrected chi connectivity index (χ1v) is 10.8. The van der Waals surface area contributed by atoms with E-state index in [0.29, 0.717) is 11.3 Å². The van der Waals surface area contributed by atoms with Crippen molar-refractivity contribution in [3.8, 4) is 5.75 Å². The van der Waals surface area contributed by atoms with Crippen LogP contribution < -0.4 is 21.7 Å². The molecule has 1 aromatic heterocycles. The molecule has 0 bridgehead atoms. The number of aliphatic carboxylic acids is 2. The van der Waals surface area contributed by atoms with Crippen LogP contribution in [0.5, 0.6) is 5.75 Å². The summed E-state index contributed by atoms with van der Waals surface area (Å²) in [6.07, 6.45) is 1.90. The number of carbonyl (C=O) groups excluding carboxylic acids is 3. The number of aromatic amines is 1. The first kappa shape index (κ1) is 27.8. The minimum absolute atomic E-state index is 0.0634. The van der Waals surface area contributed by atoms with Gasteiger partial charge in [-0.25, -0.2) is 9.78 Å². The second-order valence-corrected chi connectivity index (χ2v) is 8.05. The molecule has 0 saturated carbocycles. The average molecular weight is 505 g/mol. The highest BCUT2D eigenvalue weighted by atomic mass is 16.4. The molecule has 0 fully saturated rings. The number of carbonyl (C=O) groups is 5. The summed E-state index contributed by atoms with van der Waals surface area (Å²) in [6, 6.07) is 0.970. The van der Waals surface area contributed by atoms with Crippen LogP contribution in [0.25, 0.3) is 0 Å². The number of imidazole rings is 1. The molecule has 9 N–H and O–H groups in total. The third kappa shape index (κ3) is 8.72. The van der Waals surface area contributed by atoms with Gasteiger partial charge in [-0.3, -0.25) is 19.2 Å². The van der Waals surface area contributed by atoms with E-state index in [9.17, 15) is 34.2 Å². The Labute approximate surface area is 205 Å². The number of H-pyrrole nitrogens is 1. The second kappa shape index (κ2) is 12.9. The molecule has 0 spiro atoms. The van der Waals surface area contributed by atoms with E-state index < -0.39 is 60.2 Å². The fraction of sp³-hybridized carbons (Fsp3) is 0.364. The molecule has 3 amide bonds. The van der Waals surface area contributed by atoms with Gasteiger partial charge in [0.05, 0.1) is 18.8 Å². The van der Waals surface area contributed by atoms with Crippen LogP contribution in [-0.4, -0.2) is 79.1 Å². The molecule has 14 nitrogen and oxygen atoms in total. The number of carboxylic acid groups (broad SMARTS) is 2. The van der Waals surface area contributed by atoms with Crippen molar-refractivity contribution in [2.45, 2.75) is 50.4 Å². The number of amides is 3. The lowest BCUT2D eigenvalue weighted by atomic mass is 10.1. The van der Waals surface area contributed by atoms with E-state index in [1.807, 2.05) is 0 Å². The molecule has 1 aromatic carbocycles. The Morgan fingerprint density at radius 3 is 2.14 bits per heavy atom. The molecule has 2 aromatic rings. The number of hydrogen-bond acceptors (Lipinski definition) is 8. The van der Waals surface area contributed by atoms with E-state index in [0.717, 1.165) is 0 Å². The van der Waals surface area contributed by atoms with Crippen molar-refractivity contribution in [2.24, 2.45) is 5.73 Å². The van der Waals surface area contributed by atoms with Crippen molar-refractivity contribution >= 4 is 29.7 Å². The van der Waals surface area contributed by atoms with E-state index >= 15 is 0 Å². The number of phenolic OH excluding ortho intramolecular Hbond substituents is 1. The SMILES string of the molecule is CC(NC(=O)C(N)Cc1ccc(O)cc1)C(=O)NC(Cc1cnc[nH]1)C(=O)NC(CC(=O)O)C(=O)O. The van der Waals surface area contributed by atoms with Crippen molar-refractivity contribution in [3.05, 3.63) is 48.0 Å². The summed E-state index contributed by atoms with van der Waals surface area (Å²) < 4.78 is 0. The number of benzene rings is 1. The Hall–Kier alpha value is -4.46. The Bertz CT molecular complexity index is 1070. The average Bonchev–Trinajstić information content (AvgIpc) is 3.32. The molecule has 194 valence electrons. The van der Waals surface area contributed by atoms with Crippen LogP contribution >= 0.6 is 0 Å². The minimum Gasteiger partial charge on any atom is -0.508 e. The van der Waals surface area contributed by atoms with Crippen LogP contribution in [0.4, 0.5) is 0 Å². The van der Waals surface area contributed by atoms with E-state index in [2.05, 4.69) is 25.9 Å². The highest BCUT2D eigenvalue weighted by Gasteiger charge is 2.30. The fourth-order valence-corrected chi connectivity index (χ4v) is 3.13. The summed E-state index contributed by atoms with van der Waals surface area (Å²) in [5.74, 6) is -5.25. The van der Waals surface area contributed by atoms with Crippen LogP contribution in [-0.2, 0) is 36.8 Å². The molecular formula is C22H28N6O8. The van der Waals surface area contributed by atoms with Crippen LogP contribution in [0.2, 0.25) is 0 Å². The van der Waals surface area contributed by atoms with E-state index in [4.69, 9.17) is 10.8 Å². The molecule has 0 aliphatic rings. The van der Waals surface area contributed by atoms with Crippen molar-refractivity contribution < 1.29 is 39.3 Å². The maximum atomic E-state index is 12.7. The molecule has 0 radical (unpaired) electrons. The standard InChI is InChI=1S/C22H28N6O8/c1-11(26-20(33)15(23)6-12-2-4-14(29)5-3-12)19(32)27-16(7-13-9-24-10-25-13)21(34)28-17(22(35)36)8-18(30)31/h2-5,9-11,15-17,29H,6-8,23H2,1H3,(H,24,25)(H,26,33)(H,27,32)(H,28,34)(H,30,31)(H,35,36). The highest BCUT2D eigenvalue weighted by molar-refractivity contribution is 5.94.